The number of nitrogen functional groups attached to an aromatic ring is 1. The molecule has 0 aliphatic carbocycles. The molecule has 1 aliphatic heterocycles. The quantitative estimate of drug-likeness (QED) is 0.807. The van der Waals surface area contributed by atoms with Gasteiger partial charge in [-0.25, -0.2) is 4.39 Å². The predicted octanol–water partition coefficient (Wildman–Crippen LogP) is 0.984. The van der Waals surface area contributed by atoms with Crippen LogP contribution in [0.25, 0.3) is 0 Å². The summed E-state index contributed by atoms with van der Waals surface area (Å²) in [7, 11) is 0. The summed E-state index contributed by atoms with van der Waals surface area (Å²) in [6.07, 6.45) is 0. The molecule has 1 fully saturated rings. The van der Waals surface area contributed by atoms with Gasteiger partial charge in [0.25, 0.3) is 0 Å². The molecule has 20 heavy (non-hydrogen) atoms. The zero-order chi connectivity index (χ0) is 14.5. The fraction of sp³-hybridized carbons (Fsp3) is 0.500. The van der Waals surface area contributed by atoms with Crippen LogP contribution in [0.15, 0.2) is 18.2 Å². The van der Waals surface area contributed by atoms with Crippen molar-refractivity contribution in [3.8, 4) is 0 Å². The summed E-state index contributed by atoms with van der Waals surface area (Å²) in [5.41, 5.74) is 6.41. The molecule has 1 saturated heterocycles. The van der Waals surface area contributed by atoms with E-state index in [1.54, 1.807) is 0 Å². The van der Waals surface area contributed by atoms with E-state index in [9.17, 15) is 9.18 Å². The minimum absolute atomic E-state index is 0.160. The third-order valence-corrected chi connectivity index (χ3v) is 3.57. The van der Waals surface area contributed by atoms with Crippen molar-refractivity contribution in [2.45, 2.75) is 6.92 Å². The van der Waals surface area contributed by atoms with Crippen LogP contribution in [0.2, 0.25) is 0 Å². The molecule has 0 radical (unpaired) electrons. The van der Waals surface area contributed by atoms with E-state index in [1.165, 1.54) is 18.2 Å². The minimum Gasteiger partial charge on any atom is -0.397 e. The number of piperazine rings is 1. The molecule has 1 aromatic carbocycles. The Morgan fingerprint density at radius 1 is 1.30 bits per heavy atom. The zero-order valence-corrected chi connectivity index (χ0v) is 11.7. The normalized spacial score (nSPS) is 17.1. The Kier molecular flexibility index (Phi) is 4.92. The summed E-state index contributed by atoms with van der Waals surface area (Å²) in [5.74, 6) is -0.571. The zero-order valence-electron chi connectivity index (χ0n) is 11.7. The number of likely N-dealkylation sites (N-methyl/N-ethyl adjacent to an activating group) is 1. The van der Waals surface area contributed by atoms with Gasteiger partial charge in [0.15, 0.2) is 0 Å². The van der Waals surface area contributed by atoms with E-state index in [4.69, 9.17) is 5.73 Å². The number of nitrogens with zero attached hydrogens (tertiary/aromatic N) is 2. The Balaban J connectivity index is 1.85. The van der Waals surface area contributed by atoms with Crippen molar-refractivity contribution in [2.75, 3.05) is 50.3 Å². The van der Waals surface area contributed by atoms with Crippen LogP contribution >= 0.6 is 0 Å². The molecule has 0 atom stereocenters. The van der Waals surface area contributed by atoms with E-state index in [2.05, 4.69) is 22.0 Å². The van der Waals surface area contributed by atoms with Gasteiger partial charge < -0.3 is 16.0 Å². The van der Waals surface area contributed by atoms with Crippen LogP contribution in [-0.2, 0) is 4.79 Å². The highest BCUT2D eigenvalue weighted by Crippen LogP contribution is 2.19. The molecule has 3 N–H and O–H groups in total. The largest absolute Gasteiger partial charge is 0.397 e. The van der Waals surface area contributed by atoms with Crippen molar-refractivity contribution < 1.29 is 9.18 Å². The predicted molar refractivity (Wildman–Crippen MR) is 78.0 cm³/mol. The fourth-order valence-corrected chi connectivity index (χ4v) is 2.29. The molecular formula is C14H21FN4O. The molecule has 1 aromatic rings. The van der Waals surface area contributed by atoms with Crippen LogP contribution in [0.4, 0.5) is 15.8 Å². The Morgan fingerprint density at radius 2 is 1.95 bits per heavy atom. The van der Waals surface area contributed by atoms with Gasteiger partial charge in [-0.2, -0.15) is 0 Å². The first-order valence-electron chi connectivity index (χ1n) is 6.88. The third-order valence-electron chi connectivity index (χ3n) is 3.57. The number of nitrogens with two attached hydrogens (primary N) is 1. The highest BCUT2D eigenvalue weighted by molar-refractivity contribution is 5.95. The molecule has 6 heteroatoms. The van der Waals surface area contributed by atoms with Gasteiger partial charge in [-0.15, -0.1) is 0 Å². The van der Waals surface area contributed by atoms with Gasteiger partial charge in [-0.05, 0) is 24.7 Å². The van der Waals surface area contributed by atoms with Gasteiger partial charge in [-0.3, -0.25) is 9.69 Å². The van der Waals surface area contributed by atoms with Gasteiger partial charge in [0, 0.05) is 26.2 Å². The second-order valence-electron chi connectivity index (χ2n) is 4.99. The van der Waals surface area contributed by atoms with E-state index < -0.39 is 5.82 Å². The summed E-state index contributed by atoms with van der Waals surface area (Å²) in [6, 6.07) is 3.96. The Morgan fingerprint density at radius 3 is 2.60 bits per heavy atom. The van der Waals surface area contributed by atoms with E-state index in [-0.39, 0.29) is 5.91 Å². The highest BCUT2D eigenvalue weighted by Gasteiger charge is 2.18. The molecule has 1 aliphatic rings. The van der Waals surface area contributed by atoms with Crippen molar-refractivity contribution in [3.05, 3.63) is 24.0 Å². The summed E-state index contributed by atoms with van der Waals surface area (Å²) in [6.45, 7) is 7.19. The van der Waals surface area contributed by atoms with Crippen LogP contribution in [0.5, 0.6) is 0 Å². The first kappa shape index (κ1) is 14.7. The summed E-state index contributed by atoms with van der Waals surface area (Å²) >= 11 is 0. The number of carbonyl (C=O) groups is 1. The van der Waals surface area contributed by atoms with E-state index in [0.29, 0.717) is 17.9 Å². The fourth-order valence-electron chi connectivity index (χ4n) is 2.29. The SMILES string of the molecule is CCN1CCN(CC(=O)Nc2cc(F)ccc2N)CC1. The van der Waals surface area contributed by atoms with Crippen molar-refractivity contribution in [3.63, 3.8) is 0 Å². The van der Waals surface area contributed by atoms with Crippen LogP contribution in [0.1, 0.15) is 6.92 Å². The Hall–Kier alpha value is -1.66. The van der Waals surface area contributed by atoms with Gasteiger partial charge in [0.05, 0.1) is 17.9 Å². The lowest BCUT2D eigenvalue weighted by atomic mass is 10.2. The molecular weight excluding hydrogens is 259 g/mol. The molecule has 0 unspecified atom stereocenters. The van der Waals surface area contributed by atoms with Gasteiger partial charge in [0.2, 0.25) is 5.91 Å². The molecule has 0 saturated carbocycles. The van der Waals surface area contributed by atoms with Crippen molar-refractivity contribution in [1.29, 1.82) is 0 Å². The number of hydrogen-bond donors (Lipinski definition) is 2. The Bertz CT molecular complexity index is 472. The first-order chi connectivity index (χ1) is 9.58. The number of amides is 1. The second-order valence-corrected chi connectivity index (χ2v) is 4.99. The molecule has 110 valence electrons. The summed E-state index contributed by atoms with van der Waals surface area (Å²) in [4.78, 5) is 16.4. The number of hydrogen-bond acceptors (Lipinski definition) is 4. The van der Waals surface area contributed by atoms with E-state index >= 15 is 0 Å². The van der Waals surface area contributed by atoms with Gasteiger partial charge in [-0.1, -0.05) is 6.92 Å². The van der Waals surface area contributed by atoms with Gasteiger partial charge in [0.1, 0.15) is 5.82 Å². The minimum atomic E-state index is -0.411. The van der Waals surface area contributed by atoms with Crippen molar-refractivity contribution >= 4 is 17.3 Å². The maximum absolute atomic E-state index is 13.1. The molecule has 0 bridgehead atoms. The second kappa shape index (κ2) is 6.67. The number of benzene rings is 1. The number of rotatable bonds is 4. The number of carbonyl (C=O) groups excluding carboxylic acids is 1. The lowest BCUT2D eigenvalue weighted by Gasteiger charge is -2.33. The Labute approximate surface area is 118 Å². The lowest BCUT2D eigenvalue weighted by molar-refractivity contribution is -0.117. The van der Waals surface area contributed by atoms with Crippen LogP contribution in [0.3, 0.4) is 0 Å². The van der Waals surface area contributed by atoms with Crippen LogP contribution in [-0.4, -0.2) is 55.0 Å². The first-order valence-corrected chi connectivity index (χ1v) is 6.88. The number of anilines is 2. The van der Waals surface area contributed by atoms with Gasteiger partial charge >= 0.3 is 0 Å². The third kappa shape index (κ3) is 3.91. The van der Waals surface area contributed by atoms with Crippen molar-refractivity contribution in [2.24, 2.45) is 0 Å². The maximum Gasteiger partial charge on any atom is 0.238 e. The maximum atomic E-state index is 13.1. The summed E-state index contributed by atoms with van der Waals surface area (Å²) in [5, 5.41) is 2.66. The highest BCUT2D eigenvalue weighted by atomic mass is 19.1. The molecule has 2 rings (SSSR count). The average Bonchev–Trinajstić information content (AvgIpc) is 2.43. The smallest absolute Gasteiger partial charge is 0.238 e. The van der Waals surface area contributed by atoms with E-state index in [0.717, 1.165) is 32.7 Å². The molecule has 1 heterocycles. The number of halogens is 1. The molecule has 0 spiro atoms. The van der Waals surface area contributed by atoms with Crippen LogP contribution in [0, 0.1) is 5.82 Å². The summed E-state index contributed by atoms with van der Waals surface area (Å²) < 4.78 is 13.1. The van der Waals surface area contributed by atoms with Crippen molar-refractivity contribution in [1.82, 2.24) is 9.80 Å². The van der Waals surface area contributed by atoms with Crippen LogP contribution < -0.4 is 11.1 Å². The average molecular weight is 280 g/mol. The lowest BCUT2D eigenvalue weighted by Crippen LogP contribution is -2.48. The monoisotopic (exact) mass is 280 g/mol. The molecule has 1 amide bonds. The standard InChI is InChI=1S/C14H21FN4O/c1-2-18-5-7-19(8-6-18)10-14(20)17-13-9-11(15)3-4-12(13)16/h3-4,9H,2,5-8,10,16H2,1H3,(H,17,20). The molecule has 5 nitrogen and oxygen atoms in total. The van der Waals surface area contributed by atoms with E-state index in [1.807, 2.05) is 0 Å². The molecule has 0 aromatic heterocycles. The number of nitrogens with one attached hydrogen (secondary N) is 1. The topological polar surface area (TPSA) is 61.6 Å².